The number of β-amino-alcohol motifs (C(OH)–C–C–N with tert-alkyl or cyclic N) is 1. The predicted molar refractivity (Wildman–Crippen MR) is 128 cm³/mol. The van der Waals surface area contributed by atoms with Crippen LogP contribution in [-0.4, -0.2) is 58.6 Å². The van der Waals surface area contributed by atoms with Crippen molar-refractivity contribution in [2.75, 3.05) is 31.5 Å². The van der Waals surface area contributed by atoms with Crippen LogP contribution >= 0.6 is 0 Å². The largest absolute Gasteiger partial charge is 0.390 e. The number of fused-ring (bicyclic) bond motifs is 1. The standard InChI is InChI=1S/C27H35N3O2/c31-25-19-29(20-26(32)28-24-12-11-22-9-4-5-10-23(22)17-24)16-14-27(25)13-6-15-30(27)18-21-7-2-1-3-8-21/h1-3,7-8,11-12,17,25,31H,4-6,9-10,13-16,18-20H2,(H,28,32)/t25-,27-/m0/s1. The first-order chi connectivity index (χ1) is 15.6. The molecule has 3 aliphatic rings. The fourth-order valence-corrected chi connectivity index (χ4v) is 6.04. The number of anilines is 1. The van der Waals surface area contributed by atoms with Crippen LogP contribution in [0.3, 0.4) is 0 Å². The minimum Gasteiger partial charge on any atom is -0.390 e. The van der Waals surface area contributed by atoms with Crippen molar-refractivity contribution in [2.24, 2.45) is 0 Å². The van der Waals surface area contributed by atoms with Crippen molar-refractivity contribution in [3.05, 3.63) is 65.2 Å². The maximum atomic E-state index is 12.7. The van der Waals surface area contributed by atoms with Crippen molar-refractivity contribution < 1.29 is 9.90 Å². The molecule has 2 aliphatic heterocycles. The molecule has 5 rings (SSSR count). The van der Waals surface area contributed by atoms with Crippen LogP contribution in [0.4, 0.5) is 5.69 Å². The van der Waals surface area contributed by atoms with Gasteiger partial charge in [-0.2, -0.15) is 0 Å². The van der Waals surface area contributed by atoms with Gasteiger partial charge >= 0.3 is 0 Å². The molecule has 32 heavy (non-hydrogen) atoms. The van der Waals surface area contributed by atoms with E-state index in [4.69, 9.17) is 0 Å². The van der Waals surface area contributed by atoms with Gasteiger partial charge in [0.05, 0.1) is 12.6 Å². The van der Waals surface area contributed by atoms with Gasteiger partial charge in [-0.15, -0.1) is 0 Å². The molecule has 2 aromatic carbocycles. The highest BCUT2D eigenvalue weighted by molar-refractivity contribution is 5.92. The number of rotatable bonds is 5. The fraction of sp³-hybridized carbons (Fsp3) is 0.519. The summed E-state index contributed by atoms with van der Waals surface area (Å²) in [5.74, 6) is 0.0106. The van der Waals surface area contributed by atoms with Gasteiger partial charge in [-0.25, -0.2) is 0 Å². The molecule has 170 valence electrons. The summed E-state index contributed by atoms with van der Waals surface area (Å²) < 4.78 is 0. The van der Waals surface area contributed by atoms with Crippen LogP contribution in [0.25, 0.3) is 0 Å². The zero-order valence-electron chi connectivity index (χ0n) is 18.9. The molecule has 0 bridgehead atoms. The Balaban J connectivity index is 1.18. The second-order valence-corrected chi connectivity index (χ2v) is 9.85. The van der Waals surface area contributed by atoms with Crippen molar-refractivity contribution in [3.8, 4) is 0 Å². The molecule has 2 saturated heterocycles. The van der Waals surface area contributed by atoms with Crippen molar-refractivity contribution in [3.63, 3.8) is 0 Å². The molecule has 0 aromatic heterocycles. The smallest absolute Gasteiger partial charge is 0.238 e. The Kier molecular flexibility index (Phi) is 6.31. The fourth-order valence-electron chi connectivity index (χ4n) is 6.04. The summed E-state index contributed by atoms with van der Waals surface area (Å²) in [6.45, 7) is 3.66. The minimum atomic E-state index is -0.431. The summed E-state index contributed by atoms with van der Waals surface area (Å²) >= 11 is 0. The number of benzene rings is 2. The molecule has 5 heteroatoms. The minimum absolute atomic E-state index is 0.0106. The first-order valence-electron chi connectivity index (χ1n) is 12.2. The quantitative estimate of drug-likeness (QED) is 0.757. The van der Waals surface area contributed by atoms with Crippen molar-refractivity contribution in [1.82, 2.24) is 9.80 Å². The summed E-state index contributed by atoms with van der Waals surface area (Å²) in [6, 6.07) is 16.9. The lowest BCUT2D eigenvalue weighted by Gasteiger charge is -2.48. The maximum Gasteiger partial charge on any atom is 0.238 e. The van der Waals surface area contributed by atoms with E-state index in [1.165, 1.54) is 29.5 Å². The van der Waals surface area contributed by atoms with Gasteiger partial charge in [-0.1, -0.05) is 36.4 Å². The lowest BCUT2D eigenvalue weighted by Crippen LogP contribution is -2.61. The summed E-state index contributed by atoms with van der Waals surface area (Å²) in [5.41, 5.74) is 4.85. The van der Waals surface area contributed by atoms with Gasteiger partial charge in [0.15, 0.2) is 0 Å². The van der Waals surface area contributed by atoms with E-state index in [9.17, 15) is 9.90 Å². The van der Waals surface area contributed by atoms with Crippen molar-refractivity contribution in [2.45, 2.75) is 63.1 Å². The average Bonchev–Trinajstić information content (AvgIpc) is 3.20. The second-order valence-electron chi connectivity index (χ2n) is 9.85. The van der Waals surface area contributed by atoms with Gasteiger partial charge in [0.1, 0.15) is 0 Å². The van der Waals surface area contributed by atoms with Crippen LogP contribution in [0.5, 0.6) is 0 Å². The van der Waals surface area contributed by atoms with Gasteiger partial charge in [0.2, 0.25) is 5.91 Å². The Labute approximate surface area is 191 Å². The van der Waals surface area contributed by atoms with Crippen LogP contribution in [-0.2, 0) is 24.2 Å². The zero-order valence-corrected chi connectivity index (χ0v) is 18.9. The van der Waals surface area contributed by atoms with Gasteiger partial charge < -0.3 is 10.4 Å². The molecule has 2 atom stereocenters. The average molecular weight is 434 g/mol. The number of hydrogen-bond donors (Lipinski definition) is 2. The van der Waals surface area contributed by atoms with E-state index in [1.54, 1.807) is 0 Å². The van der Waals surface area contributed by atoms with E-state index in [0.717, 1.165) is 57.4 Å². The van der Waals surface area contributed by atoms with Crippen molar-refractivity contribution >= 4 is 11.6 Å². The number of hydrogen-bond acceptors (Lipinski definition) is 4. The molecule has 1 amide bonds. The molecule has 1 aliphatic carbocycles. The number of nitrogens with one attached hydrogen (secondary N) is 1. The Bertz CT molecular complexity index is 947. The molecule has 1 spiro atoms. The summed E-state index contributed by atoms with van der Waals surface area (Å²) in [5, 5.41) is 14.3. The Morgan fingerprint density at radius 3 is 2.62 bits per heavy atom. The number of piperidine rings is 1. The topological polar surface area (TPSA) is 55.8 Å². The Hall–Kier alpha value is -2.21. The van der Waals surface area contributed by atoms with E-state index in [0.29, 0.717) is 13.1 Å². The predicted octanol–water partition coefficient (Wildman–Crippen LogP) is 3.61. The van der Waals surface area contributed by atoms with Crippen LogP contribution in [0, 0.1) is 0 Å². The van der Waals surface area contributed by atoms with Crippen LogP contribution in [0.2, 0.25) is 0 Å². The van der Waals surface area contributed by atoms with Gasteiger partial charge in [-0.05, 0) is 80.3 Å². The molecule has 2 aromatic rings. The highest BCUT2D eigenvalue weighted by atomic mass is 16.3. The molecule has 0 saturated carbocycles. The Morgan fingerprint density at radius 2 is 1.81 bits per heavy atom. The first-order valence-corrected chi connectivity index (χ1v) is 12.2. The van der Waals surface area contributed by atoms with E-state index in [1.807, 2.05) is 12.1 Å². The summed E-state index contributed by atoms with van der Waals surface area (Å²) in [6.07, 6.45) is 7.40. The van der Waals surface area contributed by atoms with Crippen LogP contribution in [0.15, 0.2) is 48.5 Å². The summed E-state index contributed by atoms with van der Waals surface area (Å²) in [4.78, 5) is 17.3. The monoisotopic (exact) mass is 433 g/mol. The van der Waals surface area contributed by atoms with E-state index in [-0.39, 0.29) is 11.4 Å². The lowest BCUT2D eigenvalue weighted by atomic mass is 9.82. The highest BCUT2D eigenvalue weighted by Crippen LogP contribution is 2.39. The molecular weight excluding hydrogens is 398 g/mol. The number of nitrogens with zero attached hydrogens (tertiary/aromatic N) is 2. The number of amides is 1. The van der Waals surface area contributed by atoms with Crippen LogP contribution in [0.1, 0.15) is 48.8 Å². The van der Waals surface area contributed by atoms with Gasteiger partial charge in [0.25, 0.3) is 0 Å². The molecule has 2 fully saturated rings. The number of carbonyl (C=O) groups excluding carboxylic acids is 1. The molecule has 0 radical (unpaired) electrons. The third-order valence-corrected chi connectivity index (χ3v) is 7.80. The van der Waals surface area contributed by atoms with Crippen LogP contribution < -0.4 is 5.32 Å². The number of carbonyl (C=O) groups is 1. The number of aryl methyl sites for hydroxylation is 2. The molecule has 5 nitrogen and oxygen atoms in total. The molecular formula is C27H35N3O2. The normalized spacial score (nSPS) is 26.2. The molecule has 2 N–H and O–H groups in total. The van der Waals surface area contributed by atoms with E-state index in [2.05, 4.69) is 51.5 Å². The molecule has 0 unspecified atom stereocenters. The molecule has 2 heterocycles. The Morgan fingerprint density at radius 1 is 1.00 bits per heavy atom. The number of aliphatic hydroxyl groups is 1. The summed E-state index contributed by atoms with van der Waals surface area (Å²) in [7, 11) is 0. The third kappa shape index (κ3) is 4.47. The number of likely N-dealkylation sites (tertiary alicyclic amines) is 2. The highest BCUT2D eigenvalue weighted by Gasteiger charge is 2.49. The third-order valence-electron chi connectivity index (χ3n) is 7.80. The maximum absolute atomic E-state index is 12.7. The van der Waals surface area contributed by atoms with Crippen molar-refractivity contribution in [1.29, 1.82) is 0 Å². The van der Waals surface area contributed by atoms with Gasteiger partial charge in [0, 0.05) is 30.9 Å². The second kappa shape index (κ2) is 9.34. The zero-order chi connectivity index (χ0) is 22.0. The number of aliphatic hydroxyl groups excluding tert-OH is 1. The van der Waals surface area contributed by atoms with E-state index >= 15 is 0 Å². The SMILES string of the molecule is O=C(CN1CC[C@@]2(CCCN2Cc2ccccc2)[C@@H](O)C1)Nc1ccc2c(c1)CCCC2. The first kappa shape index (κ1) is 21.6. The van der Waals surface area contributed by atoms with Gasteiger partial charge in [-0.3, -0.25) is 14.6 Å². The lowest BCUT2D eigenvalue weighted by molar-refractivity contribution is -0.120. The van der Waals surface area contributed by atoms with E-state index < -0.39 is 6.10 Å².